The van der Waals surface area contributed by atoms with E-state index in [1.165, 1.54) is 0 Å². The molecule has 0 radical (unpaired) electrons. The van der Waals surface area contributed by atoms with Crippen LogP contribution in [0.15, 0.2) is 0 Å². The quantitative estimate of drug-likeness (QED) is 0.543. The summed E-state index contributed by atoms with van der Waals surface area (Å²) < 4.78 is 0. The fourth-order valence-electron chi connectivity index (χ4n) is 1.40. The van der Waals surface area contributed by atoms with Gasteiger partial charge in [0.15, 0.2) is 0 Å². The summed E-state index contributed by atoms with van der Waals surface area (Å²) >= 11 is 0. The Labute approximate surface area is 55.5 Å². The maximum atomic E-state index is 9.29. The molecule has 1 rings (SSSR count). The van der Waals surface area contributed by atoms with Crippen molar-refractivity contribution in [2.75, 3.05) is 6.61 Å². The predicted octanol–water partition coefficient (Wildman–Crippen LogP) is 0.530. The van der Waals surface area contributed by atoms with Crippen LogP contribution in [0.2, 0.25) is 0 Å². The van der Waals surface area contributed by atoms with Crippen molar-refractivity contribution in [3.63, 3.8) is 0 Å². The molecule has 2 heteroatoms. The van der Waals surface area contributed by atoms with Crippen LogP contribution in [0.25, 0.3) is 0 Å². The first-order valence-corrected chi connectivity index (χ1v) is 3.48. The van der Waals surface area contributed by atoms with Gasteiger partial charge < -0.3 is 10.2 Å². The van der Waals surface area contributed by atoms with Crippen molar-refractivity contribution in [3.8, 4) is 0 Å². The van der Waals surface area contributed by atoms with E-state index in [2.05, 4.69) is 0 Å². The summed E-state index contributed by atoms with van der Waals surface area (Å²) in [5.74, 6) is 0. The molecule has 1 aliphatic carbocycles. The van der Waals surface area contributed by atoms with Gasteiger partial charge in [0.2, 0.25) is 0 Å². The van der Waals surface area contributed by atoms with Crippen LogP contribution in [0.3, 0.4) is 0 Å². The van der Waals surface area contributed by atoms with Crippen LogP contribution in [0, 0.1) is 5.41 Å². The Kier molecular flexibility index (Phi) is 1.78. The fraction of sp³-hybridized carbons (Fsp3) is 1.00. The van der Waals surface area contributed by atoms with E-state index in [9.17, 15) is 5.11 Å². The zero-order valence-corrected chi connectivity index (χ0v) is 5.80. The number of aliphatic hydroxyl groups is 2. The van der Waals surface area contributed by atoms with Gasteiger partial charge in [-0.3, -0.25) is 0 Å². The van der Waals surface area contributed by atoms with Crippen LogP contribution in [-0.4, -0.2) is 22.9 Å². The molecule has 0 aromatic carbocycles. The normalized spacial score (nSPS) is 43.7. The summed E-state index contributed by atoms with van der Waals surface area (Å²) in [5, 5.41) is 18.1. The van der Waals surface area contributed by atoms with Crippen molar-refractivity contribution in [1.82, 2.24) is 0 Å². The van der Waals surface area contributed by atoms with E-state index in [1.807, 2.05) is 6.92 Å². The summed E-state index contributed by atoms with van der Waals surface area (Å²) in [7, 11) is 0. The van der Waals surface area contributed by atoms with Gasteiger partial charge >= 0.3 is 0 Å². The maximum absolute atomic E-state index is 9.29. The molecule has 0 aromatic heterocycles. The van der Waals surface area contributed by atoms with Crippen LogP contribution in [0.4, 0.5) is 0 Å². The third-order valence-corrected chi connectivity index (χ3v) is 2.39. The van der Waals surface area contributed by atoms with E-state index in [0.29, 0.717) is 0 Å². The summed E-state index contributed by atoms with van der Waals surface area (Å²) in [6.07, 6.45) is 2.60. The second kappa shape index (κ2) is 2.27. The van der Waals surface area contributed by atoms with Crippen molar-refractivity contribution in [2.24, 2.45) is 5.41 Å². The minimum absolute atomic E-state index is 0.119. The first-order chi connectivity index (χ1) is 4.19. The molecule has 0 unspecified atom stereocenters. The highest BCUT2D eigenvalue weighted by Crippen LogP contribution is 2.36. The smallest absolute Gasteiger partial charge is 0.0615 e. The topological polar surface area (TPSA) is 40.5 Å². The Balaban J connectivity index is 2.56. The Morgan fingerprint density at radius 2 is 2.33 bits per heavy atom. The number of rotatable bonds is 1. The summed E-state index contributed by atoms with van der Waals surface area (Å²) in [5.41, 5.74) is -0.194. The van der Waals surface area contributed by atoms with Crippen LogP contribution >= 0.6 is 0 Å². The average Bonchev–Trinajstić information content (AvgIpc) is 2.15. The molecular formula is C7H14O2. The molecule has 0 bridgehead atoms. The molecule has 0 amide bonds. The lowest BCUT2D eigenvalue weighted by Crippen LogP contribution is -2.29. The van der Waals surface area contributed by atoms with Crippen molar-refractivity contribution in [3.05, 3.63) is 0 Å². The average molecular weight is 130 g/mol. The lowest BCUT2D eigenvalue weighted by atomic mass is 9.88. The summed E-state index contributed by atoms with van der Waals surface area (Å²) in [4.78, 5) is 0. The number of hydrogen-bond donors (Lipinski definition) is 2. The minimum atomic E-state index is -0.275. The van der Waals surface area contributed by atoms with Gasteiger partial charge in [-0.25, -0.2) is 0 Å². The van der Waals surface area contributed by atoms with Gasteiger partial charge in [0, 0.05) is 5.41 Å². The second-order valence-corrected chi connectivity index (χ2v) is 3.22. The molecule has 1 aliphatic rings. The predicted molar refractivity (Wildman–Crippen MR) is 35.1 cm³/mol. The Morgan fingerprint density at radius 1 is 1.67 bits per heavy atom. The highest BCUT2D eigenvalue weighted by atomic mass is 16.3. The Bertz CT molecular complexity index is 103. The van der Waals surface area contributed by atoms with E-state index in [4.69, 9.17) is 5.11 Å². The van der Waals surface area contributed by atoms with Gasteiger partial charge in [-0.1, -0.05) is 13.3 Å². The lowest BCUT2D eigenvalue weighted by molar-refractivity contribution is 0.0201. The van der Waals surface area contributed by atoms with Gasteiger partial charge in [-0.15, -0.1) is 0 Å². The van der Waals surface area contributed by atoms with E-state index >= 15 is 0 Å². The highest BCUT2D eigenvalue weighted by molar-refractivity contribution is 4.87. The third kappa shape index (κ3) is 1.10. The molecule has 9 heavy (non-hydrogen) atoms. The first kappa shape index (κ1) is 7.03. The first-order valence-electron chi connectivity index (χ1n) is 3.48. The van der Waals surface area contributed by atoms with Crippen LogP contribution < -0.4 is 0 Å². The van der Waals surface area contributed by atoms with E-state index < -0.39 is 0 Å². The molecule has 2 atom stereocenters. The third-order valence-electron chi connectivity index (χ3n) is 2.39. The van der Waals surface area contributed by atoms with Gasteiger partial charge in [0.1, 0.15) is 0 Å². The molecule has 2 N–H and O–H groups in total. The minimum Gasteiger partial charge on any atom is -0.396 e. The molecule has 2 nitrogen and oxygen atoms in total. The Hall–Kier alpha value is -0.0800. The Morgan fingerprint density at radius 3 is 2.56 bits per heavy atom. The van der Waals surface area contributed by atoms with Gasteiger partial charge in [-0.05, 0) is 12.8 Å². The van der Waals surface area contributed by atoms with E-state index in [0.717, 1.165) is 19.3 Å². The molecular weight excluding hydrogens is 116 g/mol. The molecule has 0 saturated heterocycles. The maximum Gasteiger partial charge on any atom is 0.0615 e. The molecule has 0 aliphatic heterocycles. The van der Waals surface area contributed by atoms with Crippen LogP contribution in [-0.2, 0) is 0 Å². The van der Waals surface area contributed by atoms with Gasteiger partial charge in [0.25, 0.3) is 0 Å². The summed E-state index contributed by atoms with van der Waals surface area (Å²) in [6, 6.07) is 0. The molecule has 0 heterocycles. The monoisotopic (exact) mass is 130 g/mol. The second-order valence-electron chi connectivity index (χ2n) is 3.22. The van der Waals surface area contributed by atoms with Crippen molar-refractivity contribution in [1.29, 1.82) is 0 Å². The van der Waals surface area contributed by atoms with E-state index in [-0.39, 0.29) is 18.1 Å². The zero-order valence-electron chi connectivity index (χ0n) is 5.80. The highest BCUT2D eigenvalue weighted by Gasteiger charge is 2.36. The molecule has 0 spiro atoms. The lowest BCUT2D eigenvalue weighted by Gasteiger charge is -2.24. The molecule has 1 fully saturated rings. The van der Waals surface area contributed by atoms with Gasteiger partial charge in [0.05, 0.1) is 12.7 Å². The zero-order chi connectivity index (χ0) is 6.91. The molecule has 54 valence electrons. The summed E-state index contributed by atoms with van der Waals surface area (Å²) in [6.45, 7) is 2.05. The largest absolute Gasteiger partial charge is 0.396 e. The standard InChI is InChI=1S/C7H14O2/c1-7(5-8)4-2-3-6(7)9/h6,8-9H,2-5H2,1H3/t6-,7-/m1/s1. The molecule has 0 aromatic rings. The van der Waals surface area contributed by atoms with Crippen LogP contribution in [0.5, 0.6) is 0 Å². The van der Waals surface area contributed by atoms with Gasteiger partial charge in [-0.2, -0.15) is 0 Å². The van der Waals surface area contributed by atoms with Crippen molar-refractivity contribution in [2.45, 2.75) is 32.3 Å². The van der Waals surface area contributed by atoms with Crippen LogP contribution in [0.1, 0.15) is 26.2 Å². The van der Waals surface area contributed by atoms with Crippen molar-refractivity contribution >= 4 is 0 Å². The SMILES string of the molecule is C[C@]1(CO)CCC[C@H]1O. The van der Waals surface area contributed by atoms with Crippen molar-refractivity contribution < 1.29 is 10.2 Å². The molecule has 1 saturated carbocycles. The fourth-order valence-corrected chi connectivity index (χ4v) is 1.40. The van der Waals surface area contributed by atoms with E-state index in [1.54, 1.807) is 0 Å². The number of aliphatic hydroxyl groups excluding tert-OH is 2. The number of hydrogen-bond acceptors (Lipinski definition) is 2.